The molecule has 2 N–H and O–H groups in total. The Morgan fingerprint density at radius 3 is 2.00 bits per heavy atom. The molecule has 0 aliphatic heterocycles. The van der Waals surface area contributed by atoms with Gasteiger partial charge in [-0.1, -0.05) is 72.8 Å². The molecular formula is C37H35N3O2. The van der Waals surface area contributed by atoms with Gasteiger partial charge in [-0.3, -0.25) is 14.6 Å². The number of fused-ring (bicyclic) bond motifs is 1. The van der Waals surface area contributed by atoms with Crippen molar-refractivity contribution in [2.45, 2.75) is 44.9 Å². The minimum Gasteiger partial charge on any atom is -0.326 e. The molecule has 1 fully saturated rings. The number of hydrogen-bond donors (Lipinski definition) is 2. The first-order chi connectivity index (χ1) is 20.5. The summed E-state index contributed by atoms with van der Waals surface area (Å²) in [5.41, 5.74) is 7.44. The number of amides is 2. The number of benzene rings is 4. The molecule has 5 aromatic rings. The van der Waals surface area contributed by atoms with Gasteiger partial charge in [0.2, 0.25) is 5.91 Å². The standard InChI is InChI=1S/C37H35N3O2/c1-25-22-34(37(42)40-32-10-6-3-7-11-32)33-21-20-30(24-35(33)38-25)29-18-16-28(17-19-29)27-14-12-26(13-15-27)23-36(41)39-31-8-4-2-5-9-31/h2-11,16-22,24,26-27H,12-15,23H2,1H3,(H,39,41)(H,40,42). The molecule has 42 heavy (non-hydrogen) atoms. The Kier molecular flexibility index (Phi) is 8.09. The van der Waals surface area contributed by atoms with Crippen LogP contribution in [0, 0.1) is 12.8 Å². The third-order valence-corrected chi connectivity index (χ3v) is 8.31. The van der Waals surface area contributed by atoms with Crippen LogP contribution in [-0.2, 0) is 4.79 Å². The second kappa shape index (κ2) is 12.4. The van der Waals surface area contributed by atoms with Gasteiger partial charge in [0, 0.05) is 28.9 Å². The molecule has 1 aromatic heterocycles. The summed E-state index contributed by atoms with van der Waals surface area (Å²) in [5.74, 6) is 0.940. The Balaban J connectivity index is 1.10. The van der Waals surface area contributed by atoms with Crippen LogP contribution in [0.2, 0.25) is 0 Å². The molecule has 2 amide bonds. The highest BCUT2D eigenvalue weighted by atomic mass is 16.2. The second-order valence-electron chi connectivity index (χ2n) is 11.3. The molecule has 5 heteroatoms. The largest absolute Gasteiger partial charge is 0.326 e. The number of aromatic nitrogens is 1. The predicted octanol–water partition coefficient (Wildman–Crippen LogP) is 8.77. The van der Waals surface area contributed by atoms with Gasteiger partial charge >= 0.3 is 0 Å². The van der Waals surface area contributed by atoms with E-state index in [1.807, 2.05) is 79.7 Å². The average Bonchev–Trinajstić information content (AvgIpc) is 3.02. The number of anilines is 2. The summed E-state index contributed by atoms with van der Waals surface area (Å²) in [6.07, 6.45) is 4.95. The van der Waals surface area contributed by atoms with Crippen LogP contribution in [0.15, 0.2) is 109 Å². The average molecular weight is 554 g/mol. The summed E-state index contributed by atoms with van der Waals surface area (Å²) < 4.78 is 0. The first-order valence-electron chi connectivity index (χ1n) is 14.7. The molecule has 1 saturated carbocycles. The zero-order valence-electron chi connectivity index (χ0n) is 23.8. The fourth-order valence-corrected chi connectivity index (χ4v) is 6.09. The minimum atomic E-state index is -0.139. The van der Waals surface area contributed by atoms with Crippen molar-refractivity contribution in [3.05, 3.63) is 126 Å². The van der Waals surface area contributed by atoms with Gasteiger partial charge in [0.1, 0.15) is 0 Å². The smallest absolute Gasteiger partial charge is 0.256 e. The molecule has 5 nitrogen and oxygen atoms in total. The summed E-state index contributed by atoms with van der Waals surface area (Å²) in [6.45, 7) is 1.92. The van der Waals surface area contributed by atoms with E-state index in [2.05, 4.69) is 47.0 Å². The third-order valence-electron chi connectivity index (χ3n) is 8.31. The predicted molar refractivity (Wildman–Crippen MR) is 171 cm³/mol. The van der Waals surface area contributed by atoms with Crippen molar-refractivity contribution in [1.82, 2.24) is 4.98 Å². The lowest BCUT2D eigenvalue weighted by Gasteiger charge is -2.28. The number of para-hydroxylation sites is 2. The van der Waals surface area contributed by atoms with Gasteiger partial charge in [-0.15, -0.1) is 0 Å². The normalized spacial score (nSPS) is 16.6. The summed E-state index contributed by atoms with van der Waals surface area (Å²) in [4.78, 5) is 30.4. The van der Waals surface area contributed by atoms with Crippen LogP contribution >= 0.6 is 0 Å². The van der Waals surface area contributed by atoms with Crippen molar-refractivity contribution in [3.63, 3.8) is 0 Å². The minimum absolute atomic E-state index is 0.109. The molecule has 6 rings (SSSR count). The lowest BCUT2D eigenvalue weighted by atomic mass is 9.77. The van der Waals surface area contributed by atoms with Crippen molar-refractivity contribution in [3.8, 4) is 11.1 Å². The number of aryl methyl sites for hydroxylation is 1. The molecule has 0 saturated heterocycles. The molecule has 0 spiro atoms. The highest BCUT2D eigenvalue weighted by molar-refractivity contribution is 6.12. The van der Waals surface area contributed by atoms with Crippen molar-refractivity contribution in [2.75, 3.05) is 10.6 Å². The molecule has 0 unspecified atom stereocenters. The summed E-state index contributed by atoms with van der Waals surface area (Å²) >= 11 is 0. The van der Waals surface area contributed by atoms with E-state index in [0.29, 0.717) is 23.8 Å². The van der Waals surface area contributed by atoms with E-state index < -0.39 is 0 Å². The molecule has 1 aliphatic rings. The Morgan fingerprint density at radius 2 is 1.33 bits per heavy atom. The molecule has 1 aliphatic carbocycles. The van der Waals surface area contributed by atoms with Crippen molar-refractivity contribution in [2.24, 2.45) is 5.92 Å². The summed E-state index contributed by atoms with van der Waals surface area (Å²) in [5, 5.41) is 6.86. The fourth-order valence-electron chi connectivity index (χ4n) is 6.09. The Bertz CT molecular complexity index is 1690. The molecular weight excluding hydrogens is 518 g/mol. The van der Waals surface area contributed by atoms with Crippen molar-refractivity contribution in [1.29, 1.82) is 0 Å². The van der Waals surface area contributed by atoms with Crippen LogP contribution in [0.4, 0.5) is 11.4 Å². The van der Waals surface area contributed by atoms with E-state index in [1.165, 1.54) is 5.56 Å². The second-order valence-corrected chi connectivity index (χ2v) is 11.3. The summed E-state index contributed by atoms with van der Waals surface area (Å²) in [6, 6.07) is 36.0. The number of carbonyl (C=O) groups excluding carboxylic acids is 2. The number of nitrogens with one attached hydrogen (secondary N) is 2. The number of nitrogens with zero attached hydrogens (tertiary/aromatic N) is 1. The van der Waals surface area contributed by atoms with Gasteiger partial charge in [0.25, 0.3) is 5.91 Å². The fraction of sp³-hybridized carbons (Fsp3) is 0.216. The van der Waals surface area contributed by atoms with Crippen molar-refractivity contribution >= 4 is 34.1 Å². The van der Waals surface area contributed by atoms with Gasteiger partial charge < -0.3 is 10.6 Å². The van der Waals surface area contributed by atoms with Gasteiger partial charge in [0.15, 0.2) is 0 Å². The number of rotatable bonds is 7. The lowest BCUT2D eigenvalue weighted by Crippen LogP contribution is -2.20. The van der Waals surface area contributed by atoms with E-state index in [-0.39, 0.29) is 11.8 Å². The molecule has 1 heterocycles. The number of pyridine rings is 1. The van der Waals surface area contributed by atoms with E-state index in [1.54, 1.807) is 0 Å². The van der Waals surface area contributed by atoms with E-state index in [4.69, 9.17) is 4.98 Å². The van der Waals surface area contributed by atoms with Gasteiger partial charge in [-0.05, 0) is 97.5 Å². The monoisotopic (exact) mass is 553 g/mol. The maximum absolute atomic E-state index is 13.1. The zero-order chi connectivity index (χ0) is 28.9. The lowest BCUT2D eigenvalue weighted by molar-refractivity contribution is -0.117. The van der Waals surface area contributed by atoms with Crippen LogP contribution in [0.5, 0.6) is 0 Å². The Labute approximate surface area is 247 Å². The SMILES string of the molecule is Cc1cc(C(=O)Nc2ccccc2)c2ccc(-c3ccc(C4CCC(CC(=O)Nc5ccccc5)CC4)cc3)cc2n1. The molecule has 4 aromatic carbocycles. The van der Waals surface area contributed by atoms with Gasteiger partial charge in [-0.25, -0.2) is 0 Å². The maximum Gasteiger partial charge on any atom is 0.256 e. The summed E-state index contributed by atoms with van der Waals surface area (Å²) in [7, 11) is 0. The van der Waals surface area contributed by atoms with Crippen LogP contribution in [0.1, 0.15) is 59.6 Å². The topological polar surface area (TPSA) is 71.1 Å². The quantitative estimate of drug-likeness (QED) is 0.212. The number of carbonyl (C=O) groups is 2. The molecule has 0 radical (unpaired) electrons. The van der Waals surface area contributed by atoms with Gasteiger partial charge in [-0.2, -0.15) is 0 Å². The van der Waals surface area contributed by atoms with Gasteiger partial charge in [0.05, 0.1) is 11.1 Å². The van der Waals surface area contributed by atoms with Crippen LogP contribution in [0.3, 0.4) is 0 Å². The highest BCUT2D eigenvalue weighted by Crippen LogP contribution is 2.38. The Morgan fingerprint density at radius 1 is 0.714 bits per heavy atom. The van der Waals surface area contributed by atoms with E-state index >= 15 is 0 Å². The third kappa shape index (κ3) is 6.41. The van der Waals surface area contributed by atoms with E-state index in [9.17, 15) is 9.59 Å². The molecule has 0 bridgehead atoms. The van der Waals surface area contributed by atoms with Crippen LogP contribution in [-0.4, -0.2) is 16.8 Å². The highest BCUT2D eigenvalue weighted by Gasteiger charge is 2.24. The Hall–Kier alpha value is -4.77. The molecule has 210 valence electrons. The van der Waals surface area contributed by atoms with Crippen LogP contribution in [0.25, 0.3) is 22.0 Å². The van der Waals surface area contributed by atoms with Crippen LogP contribution < -0.4 is 10.6 Å². The maximum atomic E-state index is 13.1. The first kappa shape index (κ1) is 27.4. The number of hydrogen-bond acceptors (Lipinski definition) is 3. The van der Waals surface area contributed by atoms with Crippen molar-refractivity contribution < 1.29 is 9.59 Å². The zero-order valence-corrected chi connectivity index (χ0v) is 23.8. The first-order valence-corrected chi connectivity index (χ1v) is 14.7. The van der Waals surface area contributed by atoms with E-state index in [0.717, 1.165) is 64.8 Å². The molecule has 0 atom stereocenters.